The van der Waals surface area contributed by atoms with Crippen LogP contribution in [0.15, 0.2) is 71.1 Å². The highest BCUT2D eigenvalue weighted by molar-refractivity contribution is 5.76. The van der Waals surface area contributed by atoms with E-state index in [1.165, 1.54) is 6.07 Å². The van der Waals surface area contributed by atoms with E-state index in [2.05, 4.69) is 5.32 Å². The van der Waals surface area contributed by atoms with Crippen molar-refractivity contribution < 1.29 is 13.6 Å². The predicted octanol–water partition coefficient (Wildman–Crippen LogP) is 4.38. The van der Waals surface area contributed by atoms with E-state index in [0.29, 0.717) is 31.4 Å². The molecule has 0 atom stereocenters. The molecule has 0 aliphatic carbocycles. The molecule has 0 aliphatic rings. The molecule has 25 heavy (non-hydrogen) atoms. The summed E-state index contributed by atoms with van der Waals surface area (Å²) in [6.07, 6.45) is 1.37. The molecule has 0 saturated heterocycles. The second kappa shape index (κ2) is 8.29. The van der Waals surface area contributed by atoms with Crippen LogP contribution in [0, 0.1) is 5.82 Å². The van der Waals surface area contributed by atoms with Crippen LogP contribution < -0.4 is 5.32 Å². The Bertz CT molecular complexity index is 827. The van der Waals surface area contributed by atoms with Gasteiger partial charge in [0, 0.05) is 24.9 Å². The lowest BCUT2D eigenvalue weighted by Crippen LogP contribution is -2.26. The molecule has 1 N–H and O–H groups in total. The van der Waals surface area contributed by atoms with Gasteiger partial charge in [0.05, 0.1) is 0 Å². The molecule has 0 unspecified atom stereocenters. The number of amides is 1. The van der Waals surface area contributed by atoms with E-state index in [-0.39, 0.29) is 11.7 Å². The first-order chi connectivity index (χ1) is 12.2. The maximum absolute atomic E-state index is 13.5. The van der Waals surface area contributed by atoms with Gasteiger partial charge in [-0.1, -0.05) is 48.5 Å². The van der Waals surface area contributed by atoms with Crippen LogP contribution in [-0.2, 0) is 17.6 Å². The van der Waals surface area contributed by atoms with Gasteiger partial charge in [0.25, 0.3) is 0 Å². The number of hydrogen-bond acceptors (Lipinski definition) is 2. The highest BCUT2D eigenvalue weighted by atomic mass is 19.1. The first-order valence-corrected chi connectivity index (χ1v) is 8.36. The fourth-order valence-corrected chi connectivity index (χ4v) is 2.63. The summed E-state index contributed by atoms with van der Waals surface area (Å²) in [5.41, 5.74) is 1.63. The second-order valence-electron chi connectivity index (χ2n) is 5.82. The van der Waals surface area contributed by atoms with Crippen LogP contribution in [0.1, 0.15) is 17.7 Å². The predicted molar refractivity (Wildman–Crippen MR) is 95.6 cm³/mol. The third kappa shape index (κ3) is 4.80. The van der Waals surface area contributed by atoms with E-state index in [1.54, 1.807) is 18.2 Å². The van der Waals surface area contributed by atoms with Gasteiger partial charge in [0.2, 0.25) is 5.91 Å². The van der Waals surface area contributed by atoms with Gasteiger partial charge >= 0.3 is 0 Å². The summed E-state index contributed by atoms with van der Waals surface area (Å²) < 4.78 is 19.3. The zero-order valence-corrected chi connectivity index (χ0v) is 13.9. The minimum Gasteiger partial charge on any atom is -0.461 e. The van der Waals surface area contributed by atoms with Crippen molar-refractivity contribution >= 4 is 5.91 Å². The molecule has 3 aromatic rings. The number of aryl methyl sites for hydroxylation is 1. The number of carbonyl (C=O) groups excluding carboxylic acids is 1. The summed E-state index contributed by atoms with van der Waals surface area (Å²) in [6, 6.07) is 20.3. The molecular formula is C21H20FNO2. The molecule has 0 radical (unpaired) electrons. The van der Waals surface area contributed by atoms with Gasteiger partial charge in [-0.15, -0.1) is 0 Å². The Morgan fingerprint density at radius 2 is 1.68 bits per heavy atom. The van der Waals surface area contributed by atoms with Crippen molar-refractivity contribution in [2.24, 2.45) is 0 Å². The highest BCUT2D eigenvalue weighted by Gasteiger charge is 2.08. The Hall–Kier alpha value is -2.88. The smallest absolute Gasteiger partial charge is 0.220 e. The van der Waals surface area contributed by atoms with Crippen LogP contribution in [0.5, 0.6) is 0 Å². The van der Waals surface area contributed by atoms with Gasteiger partial charge in [0.1, 0.15) is 17.3 Å². The number of halogens is 1. The fraction of sp³-hybridized carbons (Fsp3) is 0.190. The minimum atomic E-state index is -0.235. The number of furan rings is 1. The number of carbonyl (C=O) groups is 1. The molecule has 1 aromatic heterocycles. The van der Waals surface area contributed by atoms with Crippen molar-refractivity contribution in [3.63, 3.8) is 0 Å². The SMILES string of the molecule is O=C(CCc1ccc(-c2ccccc2)o1)NCCc1ccccc1F. The quantitative estimate of drug-likeness (QED) is 0.695. The summed E-state index contributed by atoms with van der Waals surface area (Å²) in [4.78, 5) is 11.9. The van der Waals surface area contributed by atoms with E-state index in [1.807, 2.05) is 42.5 Å². The number of nitrogens with one attached hydrogen (secondary N) is 1. The largest absolute Gasteiger partial charge is 0.461 e. The van der Waals surface area contributed by atoms with E-state index in [9.17, 15) is 9.18 Å². The third-order valence-corrected chi connectivity index (χ3v) is 3.99. The molecule has 1 heterocycles. The highest BCUT2D eigenvalue weighted by Crippen LogP contribution is 2.22. The zero-order chi connectivity index (χ0) is 17.5. The summed E-state index contributed by atoms with van der Waals surface area (Å²) >= 11 is 0. The van der Waals surface area contributed by atoms with E-state index < -0.39 is 0 Å². The maximum atomic E-state index is 13.5. The van der Waals surface area contributed by atoms with Gasteiger partial charge < -0.3 is 9.73 Å². The van der Waals surface area contributed by atoms with Crippen molar-refractivity contribution in [3.05, 3.63) is 83.9 Å². The second-order valence-corrected chi connectivity index (χ2v) is 5.82. The van der Waals surface area contributed by atoms with Gasteiger partial charge in [-0.2, -0.15) is 0 Å². The van der Waals surface area contributed by atoms with E-state index >= 15 is 0 Å². The van der Waals surface area contributed by atoms with Crippen molar-refractivity contribution in [2.45, 2.75) is 19.3 Å². The molecule has 3 nitrogen and oxygen atoms in total. The topological polar surface area (TPSA) is 42.2 Å². The van der Waals surface area contributed by atoms with Gasteiger partial charge in [-0.3, -0.25) is 4.79 Å². The van der Waals surface area contributed by atoms with Crippen LogP contribution >= 0.6 is 0 Å². The Morgan fingerprint density at radius 1 is 0.920 bits per heavy atom. The molecule has 2 aromatic carbocycles. The van der Waals surface area contributed by atoms with Gasteiger partial charge in [-0.25, -0.2) is 4.39 Å². The lowest BCUT2D eigenvalue weighted by Gasteiger charge is -2.05. The van der Waals surface area contributed by atoms with Gasteiger partial charge in [0.15, 0.2) is 0 Å². The van der Waals surface area contributed by atoms with Crippen molar-refractivity contribution in [1.29, 1.82) is 0 Å². The molecule has 0 fully saturated rings. The normalized spacial score (nSPS) is 10.6. The molecule has 0 saturated carbocycles. The minimum absolute atomic E-state index is 0.0611. The van der Waals surface area contributed by atoms with E-state index in [0.717, 1.165) is 17.1 Å². The molecule has 1 amide bonds. The molecule has 3 rings (SSSR count). The van der Waals surface area contributed by atoms with Crippen LogP contribution in [0.4, 0.5) is 4.39 Å². The average Bonchev–Trinajstić information content (AvgIpc) is 3.11. The Morgan fingerprint density at radius 3 is 2.48 bits per heavy atom. The van der Waals surface area contributed by atoms with Crippen molar-refractivity contribution in [3.8, 4) is 11.3 Å². The van der Waals surface area contributed by atoms with Crippen LogP contribution in [0.3, 0.4) is 0 Å². The molecule has 0 aliphatic heterocycles. The monoisotopic (exact) mass is 337 g/mol. The third-order valence-electron chi connectivity index (χ3n) is 3.99. The standard InChI is InChI=1S/C21H20FNO2/c22-19-9-5-4-6-16(19)14-15-23-21(24)13-11-18-10-12-20(25-18)17-7-2-1-3-8-17/h1-10,12H,11,13-15H2,(H,23,24). The molecule has 0 bridgehead atoms. The van der Waals surface area contributed by atoms with Crippen LogP contribution in [-0.4, -0.2) is 12.5 Å². The Labute approximate surface area is 146 Å². The summed E-state index contributed by atoms with van der Waals surface area (Å²) in [5.74, 6) is 1.29. The molecule has 0 spiro atoms. The van der Waals surface area contributed by atoms with Crippen LogP contribution in [0.2, 0.25) is 0 Å². The number of hydrogen-bond donors (Lipinski definition) is 1. The van der Waals surface area contributed by atoms with Crippen molar-refractivity contribution in [2.75, 3.05) is 6.54 Å². The Kier molecular flexibility index (Phi) is 5.62. The molecule has 128 valence electrons. The zero-order valence-electron chi connectivity index (χ0n) is 13.9. The summed E-state index contributed by atoms with van der Waals surface area (Å²) in [7, 11) is 0. The summed E-state index contributed by atoms with van der Waals surface area (Å²) in [6.45, 7) is 0.424. The van der Waals surface area contributed by atoms with Gasteiger partial charge in [-0.05, 0) is 30.2 Å². The molecular weight excluding hydrogens is 317 g/mol. The first-order valence-electron chi connectivity index (χ1n) is 8.36. The molecule has 4 heteroatoms. The average molecular weight is 337 g/mol. The van der Waals surface area contributed by atoms with Crippen molar-refractivity contribution in [1.82, 2.24) is 5.32 Å². The lowest BCUT2D eigenvalue weighted by atomic mass is 10.1. The Balaban J connectivity index is 1.44. The summed E-state index contributed by atoms with van der Waals surface area (Å²) in [5, 5.41) is 2.82. The fourth-order valence-electron chi connectivity index (χ4n) is 2.63. The first kappa shape index (κ1) is 17.0. The van der Waals surface area contributed by atoms with E-state index in [4.69, 9.17) is 4.42 Å². The lowest BCUT2D eigenvalue weighted by molar-refractivity contribution is -0.121. The van der Waals surface area contributed by atoms with Crippen LogP contribution in [0.25, 0.3) is 11.3 Å². The number of benzene rings is 2. The number of rotatable bonds is 7. The maximum Gasteiger partial charge on any atom is 0.220 e.